The topological polar surface area (TPSA) is 53.5 Å². The van der Waals surface area contributed by atoms with Gasteiger partial charge in [0.15, 0.2) is 12.4 Å². The molecule has 0 amide bonds. The smallest absolute Gasteiger partial charge is 0.229 e. The molecule has 0 fully saturated rings. The van der Waals surface area contributed by atoms with Crippen molar-refractivity contribution in [2.45, 2.75) is 6.54 Å². The van der Waals surface area contributed by atoms with Gasteiger partial charge in [-0.3, -0.25) is 4.79 Å². The Bertz CT molecular complexity index is 615. The number of aromatic nitrogens is 1. The zero-order chi connectivity index (χ0) is 13.7. The molecule has 0 unspecified atom stereocenters. The summed E-state index contributed by atoms with van der Waals surface area (Å²) >= 11 is 5.98. The molecule has 6 heteroatoms. The van der Waals surface area contributed by atoms with Crippen LogP contribution in [0.2, 0.25) is 5.02 Å². The highest BCUT2D eigenvalue weighted by atomic mass is 79.9. The Balaban J connectivity index is 0.00000200. The van der Waals surface area contributed by atoms with Gasteiger partial charge in [-0.1, -0.05) is 28.9 Å². The summed E-state index contributed by atoms with van der Waals surface area (Å²) in [6, 6.07) is 10.5. The maximum atomic E-state index is 12.1. The van der Waals surface area contributed by atoms with E-state index in [1.807, 2.05) is 0 Å². The number of Topliss-reactive ketones (excluding diaryl/α,β-unsaturated/α-hetero) is 1. The number of ketones is 1. The van der Waals surface area contributed by atoms with E-state index in [1.54, 1.807) is 53.4 Å². The Morgan fingerprint density at radius 2 is 1.90 bits per heavy atom. The predicted molar refractivity (Wildman–Crippen MR) is 71.8 cm³/mol. The number of hydrogen-bond donors (Lipinski definition) is 1. The van der Waals surface area contributed by atoms with E-state index in [4.69, 9.17) is 16.8 Å². The summed E-state index contributed by atoms with van der Waals surface area (Å²) in [6.45, 7) is 0.209. The summed E-state index contributed by atoms with van der Waals surface area (Å²) in [7, 11) is 0. The van der Waals surface area contributed by atoms with Crippen molar-refractivity contribution < 1.29 is 31.6 Å². The second-order valence-electron chi connectivity index (χ2n) is 3.95. The molecule has 1 aromatic carbocycles. The molecule has 104 valence electrons. The molecule has 1 aromatic heterocycles. The first-order valence-corrected chi connectivity index (χ1v) is 6.03. The Morgan fingerprint density at radius 1 is 1.25 bits per heavy atom. The Labute approximate surface area is 132 Å². The highest BCUT2D eigenvalue weighted by Crippen LogP contribution is 2.15. The van der Waals surface area contributed by atoms with Crippen molar-refractivity contribution in [2.24, 2.45) is 5.16 Å². The standard InChI is InChI=1S/C14H11ClN2O2.BrH/c15-13-4-2-1-3-12(13)14(18)10-17-7-5-11(6-8-17)9-16-19;/h1-9H,10H2;1H. The Kier molecular flexibility index (Phi) is 6.35. The average molecular weight is 356 g/mol. The van der Waals surface area contributed by atoms with Crippen molar-refractivity contribution in [3.8, 4) is 0 Å². The second kappa shape index (κ2) is 7.77. The molecule has 0 aliphatic heterocycles. The summed E-state index contributed by atoms with van der Waals surface area (Å²) in [5.74, 6) is -0.0563. The Morgan fingerprint density at radius 3 is 2.50 bits per heavy atom. The minimum absolute atomic E-state index is 0. The summed E-state index contributed by atoms with van der Waals surface area (Å²) in [6.07, 6.45) is 4.80. The fraction of sp³-hybridized carbons (Fsp3) is 0.0714. The van der Waals surface area contributed by atoms with E-state index in [-0.39, 0.29) is 29.3 Å². The first kappa shape index (κ1) is 16.3. The highest BCUT2D eigenvalue weighted by molar-refractivity contribution is 6.33. The fourth-order valence-corrected chi connectivity index (χ4v) is 1.91. The molecule has 2 rings (SSSR count). The van der Waals surface area contributed by atoms with Gasteiger partial charge in [-0.15, -0.1) is 0 Å². The largest absolute Gasteiger partial charge is 1.00 e. The molecule has 0 saturated heterocycles. The molecule has 0 aliphatic carbocycles. The van der Waals surface area contributed by atoms with Crippen LogP contribution in [0.4, 0.5) is 0 Å². The number of carbonyl (C=O) groups is 1. The molecule has 1 heterocycles. The molecule has 0 aliphatic rings. The van der Waals surface area contributed by atoms with Crippen LogP contribution in [-0.4, -0.2) is 17.2 Å². The van der Waals surface area contributed by atoms with Gasteiger partial charge in [0.25, 0.3) is 0 Å². The van der Waals surface area contributed by atoms with Crippen LogP contribution in [0.25, 0.3) is 0 Å². The van der Waals surface area contributed by atoms with Crippen molar-refractivity contribution in [3.05, 3.63) is 64.9 Å². The van der Waals surface area contributed by atoms with E-state index in [0.717, 1.165) is 5.56 Å². The molecule has 0 atom stereocenters. The number of carbonyl (C=O) groups excluding carboxylic acids is 1. The van der Waals surface area contributed by atoms with Gasteiger partial charge in [0.05, 0.1) is 11.2 Å². The zero-order valence-electron chi connectivity index (χ0n) is 10.4. The maximum absolute atomic E-state index is 12.1. The van der Waals surface area contributed by atoms with Crippen LogP contribution in [-0.2, 0) is 6.54 Å². The number of oxime groups is 1. The average Bonchev–Trinajstić information content (AvgIpc) is 2.42. The van der Waals surface area contributed by atoms with Crippen molar-refractivity contribution in [1.82, 2.24) is 0 Å². The summed E-state index contributed by atoms with van der Waals surface area (Å²) < 4.78 is 1.74. The van der Waals surface area contributed by atoms with Crippen LogP contribution in [0.15, 0.2) is 53.9 Å². The molecule has 1 N–H and O–H groups in total. The van der Waals surface area contributed by atoms with E-state index in [9.17, 15) is 4.79 Å². The third-order valence-corrected chi connectivity index (χ3v) is 2.95. The number of nitrogens with zero attached hydrogens (tertiary/aromatic N) is 2. The molecular formula is C14H12BrClN2O2. The van der Waals surface area contributed by atoms with Gasteiger partial charge < -0.3 is 22.2 Å². The number of halogens is 2. The van der Waals surface area contributed by atoms with Crippen LogP contribution in [0.3, 0.4) is 0 Å². The summed E-state index contributed by atoms with van der Waals surface area (Å²) in [5, 5.41) is 11.8. The van der Waals surface area contributed by atoms with E-state index in [2.05, 4.69) is 5.16 Å². The molecule has 4 nitrogen and oxygen atoms in total. The molecule has 0 spiro atoms. The minimum Gasteiger partial charge on any atom is -1.00 e. The minimum atomic E-state index is -0.0563. The lowest BCUT2D eigenvalue weighted by molar-refractivity contribution is -0.683. The molecule has 0 saturated carbocycles. The number of rotatable bonds is 4. The van der Waals surface area contributed by atoms with Crippen molar-refractivity contribution in [2.75, 3.05) is 0 Å². The van der Waals surface area contributed by atoms with Crippen LogP contribution >= 0.6 is 11.6 Å². The first-order valence-electron chi connectivity index (χ1n) is 5.65. The van der Waals surface area contributed by atoms with E-state index in [1.165, 1.54) is 6.21 Å². The van der Waals surface area contributed by atoms with Crippen LogP contribution < -0.4 is 21.5 Å². The third kappa shape index (κ3) is 4.15. The van der Waals surface area contributed by atoms with Gasteiger partial charge in [0.2, 0.25) is 12.3 Å². The molecule has 20 heavy (non-hydrogen) atoms. The van der Waals surface area contributed by atoms with Gasteiger partial charge in [-0.2, -0.15) is 4.57 Å². The van der Waals surface area contributed by atoms with Gasteiger partial charge in [-0.05, 0) is 12.1 Å². The lowest BCUT2D eigenvalue weighted by atomic mass is 10.1. The second-order valence-corrected chi connectivity index (χ2v) is 4.36. The first-order chi connectivity index (χ1) is 9.20. The lowest BCUT2D eigenvalue weighted by Gasteiger charge is -2.00. The summed E-state index contributed by atoms with van der Waals surface area (Å²) in [5.41, 5.74) is 1.27. The summed E-state index contributed by atoms with van der Waals surface area (Å²) in [4.78, 5) is 12.1. The Hall–Kier alpha value is -1.72. The maximum Gasteiger partial charge on any atom is 0.229 e. The van der Waals surface area contributed by atoms with Gasteiger partial charge >= 0.3 is 0 Å². The highest BCUT2D eigenvalue weighted by Gasteiger charge is 2.14. The van der Waals surface area contributed by atoms with Gasteiger partial charge in [0.1, 0.15) is 0 Å². The van der Waals surface area contributed by atoms with Crippen molar-refractivity contribution >= 4 is 23.6 Å². The van der Waals surface area contributed by atoms with Crippen LogP contribution in [0.1, 0.15) is 15.9 Å². The molecular weight excluding hydrogens is 344 g/mol. The van der Waals surface area contributed by atoms with Crippen LogP contribution in [0, 0.1) is 0 Å². The molecule has 2 aromatic rings. The number of benzene rings is 1. The van der Waals surface area contributed by atoms with Crippen molar-refractivity contribution in [1.29, 1.82) is 0 Å². The number of hydrogen-bond acceptors (Lipinski definition) is 3. The lowest BCUT2D eigenvalue weighted by Crippen LogP contribution is -3.00. The third-order valence-electron chi connectivity index (χ3n) is 2.62. The van der Waals surface area contributed by atoms with Gasteiger partial charge in [-0.25, -0.2) is 0 Å². The van der Waals surface area contributed by atoms with E-state index < -0.39 is 0 Å². The van der Waals surface area contributed by atoms with Gasteiger partial charge in [0, 0.05) is 23.3 Å². The normalized spacial score (nSPS) is 10.2. The SMILES string of the molecule is O=C(C[n+]1ccc(C=NO)cc1)c1ccccc1Cl.[Br-]. The van der Waals surface area contributed by atoms with Crippen LogP contribution in [0.5, 0.6) is 0 Å². The fourth-order valence-electron chi connectivity index (χ4n) is 1.67. The zero-order valence-corrected chi connectivity index (χ0v) is 12.8. The van der Waals surface area contributed by atoms with E-state index >= 15 is 0 Å². The molecule has 0 radical (unpaired) electrons. The monoisotopic (exact) mass is 354 g/mol. The van der Waals surface area contributed by atoms with Crippen molar-refractivity contribution in [3.63, 3.8) is 0 Å². The predicted octanol–water partition coefficient (Wildman–Crippen LogP) is -0.678. The quantitative estimate of drug-likeness (QED) is 0.260. The van der Waals surface area contributed by atoms with E-state index in [0.29, 0.717) is 10.6 Å². The number of pyridine rings is 1. The molecule has 0 bridgehead atoms.